The minimum absolute atomic E-state index is 0. The van der Waals surface area contributed by atoms with E-state index < -0.39 is 17.5 Å². The summed E-state index contributed by atoms with van der Waals surface area (Å²) in [6.07, 6.45) is 0. The number of carbonyl (C=O) groups is 3. The standard InChI is InChI=1S/C25H21Br2NO3.C25H23NO3.C2H4O2.Br2.ClH.H2O/c1-4-28(5-2)19-13-12-18-23(21(19)27)30-22-17(11-10-14(3)20(22)26)25(18)16-9-7-6-8-15(16)24(29)31-25;1-4-26(5-2)17-11-13-21-23(15-17)29-22-14-16(3)10-12-20(22)24(21)18-8-6-7-9-19(18)25(27)28;1-2(3)4;1-2;;/h6-13H,4-5H2,1-3H3;6-15H,4-5H2,1-3H3;1H3,(H,3,4);;1H;1H2. The van der Waals surface area contributed by atoms with E-state index >= 15 is 0 Å². The van der Waals surface area contributed by atoms with Gasteiger partial charge in [-0.3, -0.25) is 4.79 Å². The van der Waals surface area contributed by atoms with Crippen LogP contribution in [0.5, 0.6) is 11.5 Å². The average molecular weight is 1200 g/mol. The van der Waals surface area contributed by atoms with Crippen LogP contribution in [0.4, 0.5) is 5.69 Å². The Labute approximate surface area is 434 Å². The predicted octanol–water partition coefficient (Wildman–Crippen LogP) is 9.92. The zero-order valence-corrected chi connectivity index (χ0v) is 45.4. The van der Waals surface area contributed by atoms with Gasteiger partial charge in [0, 0.05) is 87.5 Å². The van der Waals surface area contributed by atoms with E-state index in [0.717, 1.165) is 109 Å². The van der Waals surface area contributed by atoms with Crippen LogP contribution in [0.2, 0.25) is 0 Å². The SMILES string of the molecule is BrBr.CC(=O)O.CCN(CC)c1ccc2c(c1Br)Oc1c(ccc(C)c1Br)C21OC(=O)c2ccccc21.CC[N+](CC)=c1ccc2c(-c3ccccc3C(=O)O)c3ccc(C)cc3oc-2c1.O.[Cl-]. The van der Waals surface area contributed by atoms with Gasteiger partial charge in [-0.05, 0) is 126 Å². The number of fused-ring (bicyclic) bond motifs is 8. The molecule has 5 aromatic carbocycles. The van der Waals surface area contributed by atoms with Crippen LogP contribution in [0.15, 0.2) is 123 Å². The number of esters is 1. The number of aryl methyl sites for hydroxylation is 2. The van der Waals surface area contributed by atoms with E-state index in [4.69, 9.17) is 23.8 Å². The summed E-state index contributed by atoms with van der Waals surface area (Å²) >= 11 is 13.0. The molecule has 9 rings (SSSR count). The first-order chi connectivity index (χ1) is 31.7. The molecule has 0 radical (unpaired) electrons. The average Bonchev–Trinajstić information content (AvgIpc) is 3.60. The number of ether oxygens (including phenoxy) is 2. The van der Waals surface area contributed by atoms with Crippen molar-refractivity contribution in [3.8, 4) is 33.9 Å². The summed E-state index contributed by atoms with van der Waals surface area (Å²) in [6.45, 7) is 17.2. The molecule has 3 heterocycles. The van der Waals surface area contributed by atoms with Gasteiger partial charge in [0.1, 0.15) is 30.2 Å². The highest BCUT2D eigenvalue weighted by Gasteiger charge is 2.54. The van der Waals surface area contributed by atoms with Gasteiger partial charge in [-0.25, -0.2) is 14.2 Å². The number of carboxylic acid groups (broad SMARTS) is 2. The molecule has 1 spiro atoms. The quantitative estimate of drug-likeness (QED) is 0.0900. The number of aliphatic carboxylic acids is 1. The van der Waals surface area contributed by atoms with Gasteiger partial charge < -0.3 is 46.9 Å². The Kier molecular flexibility index (Phi) is 19.6. The summed E-state index contributed by atoms with van der Waals surface area (Å²) in [5, 5.41) is 19.2. The molecule has 1 atom stereocenters. The molecule has 4 aliphatic rings. The third kappa shape index (κ3) is 10.6. The van der Waals surface area contributed by atoms with Crippen molar-refractivity contribution in [2.45, 2.75) is 54.1 Å². The Hall–Kier alpha value is -5.03. The van der Waals surface area contributed by atoms with Gasteiger partial charge in [0.15, 0.2) is 11.4 Å². The third-order valence-corrected chi connectivity index (χ3v) is 13.4. The fourth-order valence-corrected chi connectivity index (χ4v) is 9.68. The number of aromatic carboxylic acids is 1. The number of carboxylic acids is 2. The van der Waals surface area contributed by atoms with Gasteiger partial charge in [-0.1, -0.05) is 60.7 Å². The highest BCUT2D eigenvalue weighted by molar-refractivity contribution is 9.93. The van der Waals surface area contributed by atoms with Crippen molar-refractivity contribution in [3.63, 3.8) is 0 Å². The molecule has 0 saturated heterocycles. The lowest BCUT2D eigenvalue weighted by Crippen LogP contribution is -3.00. The molecule has 11 nitrogen and oxygen atoms in total. The Morgan fingerprint density at radius 2 is 1.31 bits per heavy atom. The summed E-state index contributed by atoms with van der Waals surface area (Å²) < 4.78 is 23.0. The largest absolute Gasteiger partial charge is 1.00 e. The summed E-state index contributed by atoms with van der Waals surface area (Å²) in [4.78, 5) is 36.1. The smallest absolute Gasteiger partial charge is 0.340 e. The lowest BCUT2D eigenvalue weighted by atomic mass is 9.77. The van der Waals surface area contributed by atoms with Crippen LogP contribution in [0.3, 0.4) is 0 Å². The molecule has 68 heavy (non-hydrogen) atoms. The van der Waals surface area contributed by atoms with E-state index in [1.54, 1.807) is 12.1 Å². The first-order valence-electron chi connectivity index (χ1n) is 21.3. The normalized spacial score (nSPS) is 13.5. The maximum atomic E-state index is 13.0. The second-order valence-electron chi connectivity index (χ2n) is 15.4. The monoisotopic (exact) mass is 1200 g/mol. The molecule has 3 aliphatic heterocycles. The number of hydrogen-bond donors (Lipinski definition) is 2. The number of benzene rings is 6. The predicted molar refractivity (Wildman–Crippen MR) is 279 cm³/mol. The zero-order valence-electron chi connectivity index (χ0n) is 38.3. The van der Waals surface area contributed by atoms with Crippen LogP contribution >= 0.6 is 60.1 Å². The molecule has 16 heteroatoms. The number of nitrogens with zero attached hydrogens (tertiary/aromatic N) is 2. The van der Waals surface area contributed by atoms with Crippen molar-refractivity contribution in [2.24, 2.45) is 0 Å². The van der Waals surface area contributed by atoms with Crippen molar-refractivity contribution in [2.75, 3.05) is 31.1 Å². The van der Waals surface area contributed by atoms with E-state index in [-0.39, 0.29) is 29.4 Å². The Morgan fingerprint density at radius 3 is 1.93 bits per heavy atom. The lowest BCUT2D eigenvalue weighted by Gasteiger charge is -2.38. The summed E-state index contributed by atoms with van der Waals surface area (Å²) in [5.41, 5.74) is 8.73. The van der Waals surface area contributed by atoms with E-state index in [0.29, 0.717) is 22.6 Å². The van der Waals surface area contributed by atoms with Crippen molar-refractivity contribution in [1.82, 2.24) is 4.58 Å². The number of carbonyl (C=O) groups excluding carboxylic acids is 1. The number of hydrogen-bond acceptors (Lipinski definition) is 7. The molecule has 0 saturated carbocycles. The minimum atomic E-state index is -1.06. The maximum absolute atomic E-state index is 13.0. The van der Waals surface area contributed by atoms with Gasteiger partial charge in [-0.15, -0.1) is 0 Å². The Bertz CT molecular complexity index is 3020. The van der Waals surface area contributed by atoms with Crippen molar-refractivity contribution in [3.05, 3.63) is 162 Å². The first-order valence-corrected chi connectivity index (χ1v) is 26.6. The van der Waals surface area contributed by atoms with E-state index in [1.807, 2.05) is 92.7 Å². The molecule has 1 unspecified atom stereocenters. The van der Waals surface area contributed by atoms with Gasteiger partial charge in [0.2, 0.25) is 5.36 Å². The Morgan fingerprint density at radius 1 is 0.721 bits per heavy atom. The van der Waals surface area contributed by atoms with E-state index in [1.165, 1.54) is 0 Å². The van der Waals surface area contributed by atoms with Crippen LogP contribution in [0.25, 0.3) is 33.4 Å². The molecule has 1 aliphatic carbocycles. The van der Waals surface area contributed by atoms with Crippen LogP contribution in [-0.2, 0) is 15.1 Å². The molecule has 4 N–H and O–H groups in total. The highest BCUT2D eigenvalue weighted by atomic mass is 80.9. The number of halogens is 5. The van der Waals surface area contributed by atoms with E-state index in [2.05, 4.69) is 115 Å². The summed E-state index contributed by atoms with van der Waals surface area (Å²) in [5.74, 6) is 0.00870. The van der Waals surface area contributed by atoms with Crippen molar-refractivity contribution >= 4 is 94.7 Å². The summed E-state index contributed by atoms with van der Waals surface area (Å²) in [7, 11) is 0. The number of rotatable bonds is 7. The Balaban J connectivity index is 0.000000260. The van der Waals surface area contributed by atoms with Crippen LogP contribution in [0, 0.1) is 13.8 Å². The second-order valence-corrected chi connectivity index (χ2v) is 17.0. The van der Waals surface area contributed by atoms with Gasteiger partial charge in [0.25, 0.3) is 5.97 Å². The van der Waals surface area contributed by atoms with Crippen LogP contribution in [-0.4, -0.2) is 59.8 Å². The molecule has 0 fully saturated rings. The summed E-state index contributed by atoms with van der Waals surface area (Å²) in [6, 6.07) is 35.1. The van der Waals surface area contributed by atoms with E-state index in [9.17, 15) is 14.7 Å². The molecule has 0 amide bonds. The van der Waals surface area contributed by atoms with Crippen LogP contribution in [0.1, 0.15) is 83.2 Å². The second kappa shape index (κ2) is 24.0. The maximum Gasteiger partial charge on any atom is 0.340 e. The van der Waals surface area contributed by atoms with Crippen molar-refractivity contribution < 1.29 is 56.4 Å². The molecule has 0 bridgehead atoms. The fourth-order valence-electron chi connectivity index (χ4n) is 8.58. The zero-order chi connectivity index (χ0) is 48.0. The molecule has 0 aromatic heterocycles. The molecular formula is C52H51Br4ClN2O9. The van der Waals surface area contributed by atoms with Gasteiger partial charge in [-0.2, -0.15) is 0 Å². The fraction of sp³-hybridized carbons (Fsp3) is 0.231. The highest BCUT2D eigenvalue weighted by Crippen LogP contribution is 2.60. The van der Waals surface area contributed by atoms with Gasteiger partial charge in [0.05, 0.1) is 31.8 Å². The molecule has 358 valence electrons. The molecular weight excluding hydrogens is 1150 g/mol. The van der Waals surface area contributed by atoms with Crippen LogP contribution < -0.4 is 32.0 Å². The molecule has 5 aromatic rings. The topological polar surface area (TPSA) is 161 Å². The van der Waals surface area contributed by atoms with Crippen molar-refractivity contribution in [1.29, 1.82) is 0 Å². The minimum Gasteiger partial charge on any atom is -1.00 e. The number of anilines is 1. The lowest BCUT2D eigenvalue weighted by molar-refractivity contribution is -0.134. The van der Waals surface area contributed by atoms with Gasteiger partial charge >= 0.3 is 11.9 Å². The first kappa shape index (κ1) is 55.6. The third-order valence-electron chi connectivity index (χ3n) is 11.6.